The molecule has 0 aromatic carbocycles. The first kappa shape index (κ1) is 12.1. The highest BCUT2D eigenvalue weighted by atomic mass is 16.6. The Labute approximate surface area is 89.2 Å². The van der Waals surface area contributed by atoms with Crippen molar-refractivity contribution in [3.8, 4) is 0 Å². The summed E-state index contributed by atoms with van der Waals surface area (Å²) in [7, 11) is 0. The summed E-state index contributed by atoms with van der Waals surface area (Å²) in [6.07, 6.45) is 1.78. The second-order valence-electron chi connectivity index (χ2n) is 3.72. The van der Waals surface area contributed by atoms with Gasteiger partial charge in [-0.05, 0) is 5.92 Å². The molecule has 1 rings (SSSR count). The number of aliphatic hydroxyl groups is 1. The van der Waals surface area contributed by atoms with Crippen LogP contribution in [0.5, 0.6) is 0 Å². The number of nitrogens with one attached hydrogen (secondary N) is 1. The number of aromatic nitrogens is 3. The van der Waals surface area contributed by atoms with Crippen molar-refractivity contribution in [2.45, 2.75) is 26.9 Å². The van der Waals surface area contributed by atoms with Crippen LogP contribution in [0.4, 0.5) is 0 Å². The normalized spacial score (nSPS) is 11.2. The number of hydrogen-bond donors (Lipinski definition) is 2. The topological polar surface area (TPSA) is 72.2 Å². The molecule has 0 unspecified atom stereocenters. The Bertz CT molecular complexity index is 275. The van der Waals surface area contributed by atoms with Crippen LogP contribution in [0.25, 0.3) is 0 Å². The zero-order valence-corrected chi connectivity index (χ0v) is 9.18. The first-order valence-electron chi connectivity index (χ1n) is 5.07. The number of rotatable bonds is 7. The van der Waals surface area contributed by atoms with Crippen LogP contribution in [0.3, 0.4) is 0 Å². The molecule has 0 saturated carbocycles. The number of hydroxylamine groups is 1. The van der Waals surface area contributed by atoms with Gasteiger partial charge in [0.2, 0.25) is 0 Å². The van der Waals surface area contributed by atoms with Crippen LogP contribution < -0.4 is 5.48 Å². The van der Waals surface area contributed by atoms with Gasteiger partial charge in [-0.3, -0.25) is 0 Å². The lowest BCUT2D eigenvalue weighted by molar-refractivity contribution is 0.0190. The van der Waals surface area contributed by atoms with Crippen LogP contribution in [-0.4, -0.2) is 33.3 Å². The maximum absolute atomic E-state index is 8.68. The SMILES string of the molecule is CC(C)CONCc1cn(CCO)nn1. The van der Waals surface area contributed by atoms with E-state index in [0.29, 0.717) is 25.6 Å². The molecule has 1 heterocycles. The van der Waals surface area contributed by atoms with E-state index in [1.807, 2.05) is 0 Å². The van der Waals surface area contributed by atoms with Crippen molar-refractivity contribution in [1.29, 1.82) is 0 Å². The third-order valence-electron chi connectivity index (χ3n) is 1.69. The average Bonchev–Trinajstić information content (AvgIpc) is 2.61. The summed E-state index contributed by atoms with van der Waals surface area (Å²) in [5.74, 6) is 0.502. The van der Waals surface area contributed by atoms with Crippen molar-refractivity contribution in [3.05, 3.63) is 11.9 Å². The van der Waals surface area contributed by atoms with Gasteiger partial charge in [-0.1, -0.05) is 19.1 Å². The summed E-state index contributed by atoms with van der Waals surface area (Å²) < 4.78 is 1.60. The molecule has 0 fully saturated rings. The molecule has 0 radical (unpaired) electrons. The maximum Gasteiger partial charge on any atom is 0.0988 e. The summed E-state index contributed by atoms with van der Waals surface area (Å²) in [6, 6.07) is 0. The molecule has 0 saturated heterocycles. The molecular weight excluding hydrogens is 196 g/mol. The molecule has 2 N–H and O–H groups in total. The zero-order chi connectivity index (χ0) is 11.1. The van der Waals surface area contributed by atoms with Crippen molar-refractivity contribution >= 4 is 0 Å². The van der Waals surface area contributed by atoms with Crippen molar-refractivity contribution in [2.24, 2.45) is 5.92 Å². The Morgan fingerprint density at radius 3 is 3.07 bits per heavy atom. The lowest BCUT2D eigenvalue weighted by Gasteiger charge is -2.05. The molecule has 0 amide bonds. The minimum Gasteiger partial charge on any atom is -0.394 e. The summed E-state index contributed by atoms with van der Waals surface area (Å²) in [5.41, 5.74) is 3.61. The largest absolute Gasteiger partial charge is 0.394 e. The van der Waals surface area contributed by atoms with Gasteiger partial charge in [0, 0.05) is 6.20 Å². The monoisotopic (exact) mass is 214 g/mol. The van der Waals surface area contributed by atoms with E-state index < -0.39 is 0 Å². The standard InChI is InChI=1S/C9H18N4O2/c1-8(2)7-15-10-5-9-6-13(3-4-14)12-11-9/h6,8,10,14H,3-5,7H2,1-2H3. The zero-order valence-electron chi connectivity index (χ0n) is 9.18. The van der Waals surface area contributed by atoms with E-state index in [-0.39, 0.29) is 6.61 Å². The first-order valence-corrected chi connectivity index (χ1v) is 5.07. The minimum absolute atomic E-state index is 0.0695. The van der Waals surface area contributed by atoms with E-state index in [1.54, 1.807) is 10.9 Å². The van der Waals surface area contributed by atoms with Crippen LogP contribution in [-0.2, 0) is 17.9 Å². The second-order valence-corrected chi connectivity index (χ2v) is 3.72. The summed E-state index contributed by atoms with van der Waals surface area (Å²) in [4.78, 5) is 5.19. The van der Waals surface area contributed by atoms with E-state index in [1.165, 1.54) is 0 Å². The molecule has 0 bridgehead atoms. The molecule has 0 spiro atoms. The maximum atomic E-state index is 8.68. The van der Waals surface area contributed by atoms with Gasteiger partial charge in [-0.15, -0.1) is 5.10 Å². The van der Waals surface area contributed by atoms with Gasteiger partial charge in [-0.25, -0.2) is 4.68 Å². The van der Waals surface area contributed by atoms with Crippen molar-refractivity contribution < 1.29 is 9.94 Å². The van der Waals surface area contributed by atoms with E-state index in [0.717, 1.165) is 5.69 Å². The molecule has 0 aliphatic rings. The number of aliphatic hydroxyl groups excluding tert-OH is 1. The van der Waals surface area contributed by atoms with Crippen LogP contribution in [0.2, 0.25) is 0 Å². The van der Waals surface area contributed by atoms with Crippen molar-refractivity contribution in [1.82, 2.24) is 20.5 Å². The predicted octanol–water partition coefficient (Wildman–Crippen LogP) is -0.0524. The Balaban J connectivity index is 2.19. The first-order chi connectivity index (χ1) is 7.22. The summed E-state index contributed by atoms with van der Waals surface area (Å²) >= 11 is 0. The molecule has 15 heavy (non-hydrogen) atoms. The second kappa shape index (κ2) is 6.49. The van der Waals surface area contributed by atoms with Gasteiger partial charge >= 0.3 is 0 Å². The Hall–Kier alpha value is -0.980. The van der Waals surface area contributed by atoms with Crippen LogP contribution >= 0.6 is 0 Å². The Kier molecular flexibility index (Phi) is 5.23. The fourth-order valence-electron chi connectivity index (χ4n) is 0.982. The number of nitrogens with zero attached hydrogens (tertiary/aromatic N) is 3. The molecule has 6 heteroatoms. The third-order valence-corrected chi connectivity index (χ3v) is 1.69. The molecule has 1 aromatic heterocycles. The Morgan fingerprint density at radius 2 is 2.40 bits per heavy atom. The molecule has 1 aromatic rings. The van der Waals surface area contributed by atoms with E-state index in [4.69, 9.17) is 9.94 Å². The van der Waals surface area contributed by atoms with Gasteiger partial charge in [0.05, 0.1) is 32.0 Å². The molecule has 0 atom stereocenters. The van der Waals surface area contributed by atoms with Gasteiger partial charge in [0.15, 0.2) is 0 Å². The van der Waals surface area contributed by atoms with E-state index >= 15 is 0 Å². The van der Waals surface area contributed by atoms with Gasteiger partial charge in [-0.2, -0.15) is 5.48 Å². The summed E-state index contributed by atoms with van der Waals surface area (Å²) in [5, 5.41) is 16.4. The molecule has 86 valence electrons. The highest BCUT2D eigenvalue weighted by Gasteiger charge is 2.00. The van der Waals surface area contributed by atoms with Crippen molar-refractivity contribution in [3.63, 3.8) is 0 Å². The molecule has 0 aliphatic heterocycles. The molecule has 0 aliphatic carbocycles. The van der Waals surface area contributed by atoms with Gasteiger partial charge in [0.1, 0.15) is 0 Å². The lowest BCUT2D eigenvalue weighted by atomic mass is 10.2. The smallest absolute Gasteiger partial charge is 0.0988 e. The van der Waals surface area contributed by atoms with Crippen LogP contribution in [0, 0.1) is 5.92 Å². The lowest BCUT2D eigenvalue weighted by Crippen LogP contribution is -2.17. The third kappa shape index (κ3) is 4.87. The van der Waals surface area contributed by atoms with Crippen LogP contribution in [0.1, 0.15) is 19.5 Å². The van der Waals surface area contributed by atoms with E-state index in [9.17, 15) is 0 Å². The van der Waals surface area contributed by atoms with Crippen molar-refractivity contribution in [2.75, 3.05) is 13.2 Å². The predicted molar refractivity (Wildman–Crippen MR) is 54.7 cm³/mol. The van der Waals surface area contributed by atoms with Crippen LogP contribution in [0.15, 0.2) is 6.20 Å². The Morgan fingerprint density at radius 1 is 1.60 bits per heavy atom. The van der Waals surface area contributed by atoms with E-state index in [2.05, 4.69) is 29.6 Å². The average molecular weight is 214 g/mol. The van der Waals surface area contributed by atoms with Gasteiger partial charge in [0.25, 0.3) is 0 Å². The fraction of sp³-hybridized carbons (Fsp3) is 0.778. The summed E-state index contributed by atoms with van der Waals surface area (Å²) in [6.45, 7) is 5.90. The van der Waals surface area contributed by atoms with Gasteiger partial charge < -0.3 is 9.94 Å². The number of hydrogen-bond acceptors (Lipinski definition) is 5. The fourth-order valence-corrected chi connectivity index (χ4v) is 0.982. The highest BCUT2D eigenvalue weighted by Crippen LogP contribution is 1.94. The molecule has 6 nitrogen and oxygen atoms in total. The highest BCUT2D eigenvalue weighted by molar-refractivity contribution is 4.90. The minimum atomic E-state index is 0.0695. The quantitative estimate of drug-likeness (QED) is 0.492. The molecular formula is C9H18N4O2.